The van der Waals surface area contributed by atoms with Gasteiger partial charge in [0.15, 0.2) is 0 Å². The third-order valence-electron chi connectivity index (χ3n) is 2.41. The predicted octanol–water partition coefficient (Wildman–Crippen LogP) is 4.06. The summed E-state index contributed by atoms with van der Waals surface area (Å²) in [6, 6.07) is 0. The summed E-state index contributed by atoms with van der Waals surface area (Å²) < 4.78 is 0. The van der Waals surface area contributed by atoms with Crippen LogP contribution in [0.3, 0.4) is 0 Å². The van der Waals surface area contributed by atoms with E-state index in [1.165, 1.54) is 19.3 Å². The molecular formula is C12H24OS. The van der Waals surface area contributed by atoms with Gasteiger partial charge in [0.2, 0.25) is 0 Å². The van der Waals surface area contributed by atoms with Gasteiger partial charge in [-0.2, -0.15) is 11.8 Å². The average molecular weight is 216 g/mol. The quantitative estimate of drug-likeness (QED) is 0.541. The van der Waals surface area contributed by atoms with Gasteiger partial charge in [0.1, 0.15) is 5.78 Å². The van der Waals surface area contributed by atoms with E-state index in [1.54, 1.807) is 11.8 Å². The van der Waals surface area contributed by atoms with Gasteiger partial charge in [0.05, 0.1) is 5.75 Å². The maximum atomic E-state index is 11.4. The van der Waals surface area contributed by atoms with Gasteiger partial charge in [-0.1, -0.05) is 40.0 Å². The molecule has 2 heteroatoms. The molecule has 0 heterocycles. The molecular weight excluding hydrogens is 192 g/mol. The molecule has 0 aromatic carbocycles. The Hall–Kier alpha value is 0.0200. The van der Waals surface area contributed by atoms with Crippen molar-refractivity contribution >= 4 is 17.5 Å². The minimum absolute atomic E-state index is 0.436. The van der Waals surface area contributed by atoms with Crippen LogP contribution in [0.1, 0.15) is 59.3 Å². The van der Waals surface area contributed by atoms with Crippen molar-refractivity contribution in [1.29, 1.82) is 0 Å². The third kappa shape index (κ3) is 8.61. The second kappa shape index (κ2) is 9.57. The fourth-order valence-corrected chi connectivity index (χ4v) is 2.02. The molecule has 84 valence electrons. The van der Waals surface area contributed by atoms with Gasteiger partial charge in [-0.05, 0) is 12.8 Å². The van der Waals surface area contributed by atoms with Gasteiger partial charge in [0.25, 0.3) is 0 Å². The SMILES string of the molecule is CCCCCCC(=O)CSC(C)CC. The third-order valence-corrected chi connectivity index (χ3v) is 3.80. The molecule has 0 radical (unpaired) electrons. The first kappa shape index (κ1) is 14.0. The number of unbranched alkanes of at least 4 members (excludes halogenated alkanes) is 3. The van der Waals surface area contributed by atoms with Crippen molar-refractivity contribution in [2.75, 3.05) is 5.75 Å². The zero-order valence-electron chi connectivity index (χ0n) is 9.84. The lowest BCUT2D eigenvalue weighted by Crippen LogP contribution is -2.05. The van der Waals surface area contributed by atoms with E-state index in [4.69, 9.17) is 0 Å². The molecule has 1 nitrogen and oxygen atoms in total. The Balaban J connectivity index is 3.28. The molecule has 0 saturated heterocycles. The zero-order chi connectivity index (χ0) is 10.8. The van der Waals surface area contributed by atoms with Crippen LogP contribution in [-0.4, -0.2) is 16.8 Å². The van der Waals surface area contributed by atoms with E-state index in [9.17, 15) is 4.79 Å². The monoisotopic (exact) mass is 216 g/mol. The van der Waals surface area contributed by atoms with E-state index >= 15 is 0 Å². The lowest BCUT2D eigenvalue weighted by Gasteiger charge is -2.06. The van der Waals surface area contributed by atoms with Crippen LogP contribution in [0.15, 0.2) is 0 Å². The van der Waals surface area contributed by atoms with Crippen molar-refractivity contribution in [3.05, 3.63) is 0 Å². The van der Waals surface area contributed by atoms with Crippen LogP contribution in [-0.2, 0) is 4.79 Å². The van der Waals surface area contributed by atoms with Gasteiger partial charge in [0, 0.05) is 11.7 Å². The molecule has 0 fully saturated rings. The zero-order valence-corrected chi connectivity index (χ0v) is 10.7. The van der Waals surface area contributed by atoms with E-state index < -0.39 is 0 Å². The summed E-state index contributed by atoms with van der Waals surface area (Å²) in [5.41, 5.74) is 0. The molecule has 0 aliphatic carbocycles. The summed E-state index contributed by atoms with van der Waals surface area (Å²) >= 11 is 1.80. The molecule has 0 amide bonds. The molecule has 0 saturated carbocycles. The van der Waals surface area contributed by atoms with Crippen LogP contribution < -0.4 is 0 Å². The van der Waals surface area contributed by atoms with Crippen LogP contribution in [0.5, 0.6) is 0 Å². The maximum absolute atomic E-state index is 11.4. The Bertz CT molecular complexity index is 145. The molecule has 0 N–H and O–H groups in total. The van der Waals surface area contributed by atoms with E-state index in [1.807, 2.05) is 0 Å². The summed E-state index contributed by atoms with van der Waals surface area (Å²) in [6.45, 7) is 6.55. The fraction of sp³-hybridized carbons (Fsp3) is 0.917. The second-order valence-corrected chi connectivity index (χ2v) is 5.31. The Morgan fingerprint density at radius 1 is 1.21 bits per heavy atom. The second-order valence-electron chi connectivity index (χ2n) is 3.88. The minimum Gasteiger partial charge on any atom is -0.299 e. The van der Waals surface area contributed by atoms with Crippen LogP contribution in [0.4, 0.5) is 0 Å². The summed E-state index contributed by atoms with van der Waals surface area (Å²) in [6.07, 6.45) is 6.78. The number of hydrogen-bond donors (Lipinski definition) is 0. The largest absolute Gasteiger partial charge is 0.299 e. The number of thioether (sulfide) groups is 1. The summed E-state index contributed by atoms with van der Waals surface area (Å²) in [5, 5.41) is 0.634. The molecule has 14 heavy (non-hydrogen) atoms. The molecule has 0 bridgehead atoms. The Morgan fingerprint density at radius 2 is 1.93 bits per heavy atom. The Kier molecular flexibility index (Phi) is 9.58. The van der Waals surface area contributed by atoms with Gasteiger partial charge in [-0.3, -0.25) is 4.79 Å². The molecule has 0 rings (SSSR count). The maximum Gasteiger partial charge on any atom is 0.142 e. The van der Waals surface area contributed by atoms with Gasteiger partial charge < -0.3 is 0 Å². The van der Waals surface area contributed by atoms with Gasteiger partial charge in [-0.25, -0.2) is 0 Å². The number of ketones is 1. The number of hydrogen-bond acceptors (Lipinski definition) is 2. The minimum atomic E-state index is 0.436. The normalized spacial score (nSPS) is 12.8. The molecule has 0 aromatic heterocycles. The number of carbonyl (C=O) groups excluding carboxylic acids is 1. The molecule has 1 unspecified atom stereocenters. The summed E-state index contributed by atoms with van der Waals surface area (Å²) in [7, 11) is 0. The van der Waals surface area contributed by atoms with Crippen LogP contribution >= 0.6 is 11.8 Å². The number of rotatable bonds is 9. The summed E-state index contributed by atoms with van der Waals surface area (Å²) in [5.74, 6) is 1.16. The standard InChI is InChI=1S/C12H24OS/c1-4-6-7-8-9-12(13)10-14-11(3)5-2/h11H,4-10H2,1-3H3. The highest BCUT2D eigenvalue weighted by Gasteiger charge is 2.05. The first-order chi connectivity index (χ1) is 6.70. The number of Topliss-reactive ketones (excluding diaryl/α,β-unsaturated/α-hetero) is 1. The smallest absolute Gasteiger partial charge is 0.142 e. The highest BCUT2D eigenvalue weighted by molar-refractivity contribution is 8.00. The van der Waals surface area contributed by atoms with E-state index in [0.717, 1.165) is 25.0 Å². The Morgan fingerprint density at radius 3 is 2.50 bits per heavy atom. The predicted molar refractivity (Wildman–Crippen MR) is 66.0 cm³/mol. The first-order valence-corrected chi connectivity index (χ1v) is 6.88. The summed E-state index contributed by atoms with van der Waals surface area (Å²) in [4.78, 5) is 11.4. The topological polar surface area (TPSA) is 17.1 Å². The van der Waals surface area contributed by atoms with Gasteiger partial charge in [-0.15, -0.1) is 0 Å². The fourth-order valence-electron chi connectivity index (χ4n) is 1.17. The van der Waals surface area contributed by atoms with Crippen LogP contribution in [0.2, 0.25) is 0 Å². The van der Waals surface area contributed by atoms with Crippen LogP contribution in [0.25, 0.3) is 0 Å². The molecule has 0 aromatic rings. The van der Waals surface area contributed by atoms with Crippen molar-refractivity contribution in [3.8, 4) is 0 Å². The van der Waals surface area contributed by atoms with Crippen LogP contribution in [0, 0.1) is 0 Å². The van der Waals surface area contributed by atoms with Crippen molar-refractivity contribution in [3.63, 3.8) is 0 Å². The highest BCUT2D eigenvalue weighted by atomic mass is 32.2. The molecule has 0 spiro atoms. The lowest BCUT2D eigenvalue weighted by molar-refractivity contribution is -0.116. The average Bonchev–Trinajstić information content (AvgIpc) is 2.21. The van der Waals surface area contributed by atoms with Gasteiger partial charge >= 0.3 is 0 Å². The molecule has 0 aliphatic heterocycles. The van der Waals surface area contributed by atoms with E-state index in [0.29, 0.717) is 11.0 Å². The lowest BCUT2D eigenvalue weighted by atomic mass is 10.1. The highest BCUT2D eigenvalue weighted by Crippen LogP contribution is 2.14. The first-order valence-electron chi connectivity index (χ1n) is 5.84. The number of carbonyl (C=O) groups is 1. The van der Waals surface area contributed by atoms with Crippen molar-refractivity contribution in [2.45, 2.75) is 64.5 Å². The van der Waals surface area contributed by atoms with E-state index in [2.05, 4.69) is 20.8 Å². The molecule has 0 aliphatic rings. The Labute approximate surface area is 93.0 Å². The molecule has 1 atom stereocenters. The van der Waals surface area contributed by atoms with E-state index in [-0.39, 0.29) is 0 Å². The van der Waals surface area contributed by atoms with Crippen molar-refractivity contribution < 1.29 is 4.79 Å². The van der Waals surface area contributed by atoms with Crippen molar-refractivity contribution in [1.82, 2.24) is 0 Å². The van der Waals surface area contributed by atoms with Crippen molar-refractivity contribution in [2.24, 2.45) is 0 Å².